The summed E-state index contributed by atoms with van der Waals surface area (Å²) in [5.74, 6) is 0.383. The summed E-state index contributed by atoms with van der Waals surface area (Å²) in [5, 5.41) is 0. The van der Waals surface area contributed by atoms with Gasteiger partial charge in [0.2, 0.25) is 5.91 Å². The molecule has 0 spiro atoms. The van der Waals surface area contributed by atoms with Crippen LogP contribution in [-0.4, -0.2) is 41.9 Å². The van der Waals surface area contributed by atoms with Crippen LogP contribution in [0.2, 0.25) is 0 Å². The topological polar surface area (TPSA) is 46.6 Å². The molecule has 2 saturated heterocycles. The molecule has 102 valence electrons. The Morgan fingerprint density at radius 2 is 2.11 bits per heavy atom. The Hall–Kier alpha value is -0.900. The fourth-order valence-electron chi connectivity index (χ4n) is 3.06. The molecule has 2 fully saturated rings. The van der Waals surface area contributed by atoms with Gasteiger partial charge in [0.25, 0.3) is 0 Å². The summed E-state index contributed by atoms with van der Waals surface area (Å²) in [6, 6.07) is 0.125. The highest BCUT2D eigenvalue weighted by Gasteiger charge is 2.35. The number of carbonyl (C=O) groups excluding carboxylic acids is 2. The van der Waals surface area contributed by atoms with Crippen molar-refractivity contribution in [1.82, 2.24) is 4.90 Å². The Bertz CT molecular complexity index is 329. The summed E-state index contributed by atoms with van der Waals surface area (Å²) >= 11 is 0. The molecular weight excluding hydrogens is 230 g/mol. The van der Waals surface area contributed by atoms with E-state index in [9.17, 15) is 9.59 Å². The van der Waals surface area contributed by atoms with Crippen molar-refractivity contribution in [3.8, 4) is 0 Å². The van der Waals surface area contributed by atoms with Crippen LogP contribution in [0.1, 0.15) is 46.0 Å². The van der Waals surface area contributed by atoms with Crippen LogP contribution in [0.3, 0.4) is 0 Å². The molecule has 3 unspecified atom stereocenters. The molecule has 1 amide bonds. The van der Waals surface area contributed by atoms with Crippen LogP contribution < -0.4 is 0 Å². The molecule has 2 aliphatic heterocycles. The van der Waals surface area contributed by atoms with Crippen LogP contribution >= 0.6 is 0 Å². The number of hydrogen-bond donors (Lipinski definition) is 0. The summed E-state index contributed by atoms with van der Waals surface area (Å²) in [5.41, 5.74) is 0. The zero-order valence-corrected chi connectivity index (χ0v) is 11.4. The van der Waals surface area contributed by atoms with E-state index in [1.165, 1.54) is 0 Å². The van der Waals surface area contributed by atoms with Crippen LogP contribution in [0.25, 0.3) is 0 Å². The first-order valence-electron chi connectivity index (χ1n) is 6.99. The molecule has 0 aliphatic carbocycles. The summed E-state index contributed by atoms with van der Waals surface area (Å²) in [4.78, 5) is 25.7. The van der Waals surface area contributed by atoms with Crippen molar-refractivity contribution in [2.75, 3.05) is 13.2 Å². The highest BCUT2D eigenvalue weighted by atomic mass is 16.5. The maximum atomic E-state index is 12.5. The first-order chi connectivity index (χ1) is 8.58. The van der Waals surface area contributed by atoms with Gasteiger partial charge in [-0.15, -0.1) is 0 Å². The van der Waals surface area contributed by atoms with E-state index in [1.54, 1.807) is 6.92 Å². The van der Waals surface area contributed by atoms with Crippen LogP contribution in [0.4, 0.5) is 0 Å². The summed E-state index contributed by atoms with van der Waals surface area (Å²) in [6.07, 6.45) is 4.67. The number of piperidine rings is 1. The zero-order valence-electron chi connectivity index (χ0n) is 11.4. The minimum atomic E-state index is 0.00700. The van der Waals surface area contributed by atoms with Gasteiger partial charge in [0, 0.05) is 19.0 Å². The van der Waals surface area contributed by atoms with Crippen molar-refractivity contribution in [2.24, 2.45) is 5.92 Å². The van der Waals surface area contributed by atoms with Gasteiger partial charge in [0.1, 0.15) is 5.78 Å². The van der Waals surface area contributed by atoms with Gasteiger partial charge in [-0.25, -0.2) is 0 Å². The fourth-order valence-corrected chi connectivity index (χ4v) is 3.06. The predicted octanol–water partition coefficient (Wildman–Crippen LogP) is 1.77. The second-order valence-electron chi connectivity index (χ2n) is 5.66. The van der Waals surface area contributed by atoms with E-state index in [0.29, 0.717) is 13.0 Å². The lowest BCUT2D eigenvalue weighted by molar-refractivity contribution is -0.140. The molecule has 0 radical (unpaired) electrons. The standard InChI is InChI=1S/C14H23NO3/c1-10(16)7-13-5-3-4-6-15(13)14(17)12-8-11(2)18-9-12/h11-13H,3-9H2,1-2H3. The first-order valence-corrected chi connectivity index (χ1v) is 6.99. The van der Waals surface area contributed by atoms with E-state index in [4.69, 9.17) is 4.74 Å². The average Bonchev–Trinajstić information content (AvgIpc) is 2.75. The predicted molar refractivity (Wildman–Crippen MR) is 68.2 cm³/mol. The van der Waals surface area contributed by atoms with Gasteiger partial charge in [-0.2, -0.15) is 0 Å². The highest BCUT2D eigenvalue weighted by molar-refractivity contribution is 5.81. The second-order valence-corrected chi connectivity index (χ2v) is 5.66. The maximum absolute atomic E-state index is 12.5. The van der Waals surface area contributed by atoms with Crippen molar-refractivity contribution < 1.29 is 14.3 Å². The average molecular weight is 253 g/mol. The zero-order chi connectivity index (χ0) is 13.1. The Balaban J connectivity index is 1.99. The number of rotatable bonds is 3. The van der Waals surface area contributed by atoms with Crippen molar-refractivity contribution in [3.63, 3.8) is 0 Å². The summed E-state index contributed by atoms with van der Waals surface area (Å²) in [6.45, 7) is 4.97. The molecule has 4 heteroatoms. The number of nitrogens with zero attached hydrogens (tertiary/aromatic N) is 1. The van der Waals surface area contributed by atoms with Crippen LogP contribution in [0.15, 0.2) is 0 Å². The highest BCUT2D eigenvalue weighted by Crippen LogP contribution is 2.26. The third-order valence-corrected chi connectivity index (χ3v) is 3.98. The van der Waals surface area contributed by atoms with Crippen molar-refractivity contribution >= 4 is 11.7 Å². The Kier molecular flexibility index (Phi) is 4.38. The normalized spacial score (nSPS) is 32.6. The fraction of sp³-hybridized carbons (Fsp3) is 0.857. The third kappa shape index (κ3) is 3.10. The minimum absolute atomic E-state index is 0.00700. The summed E-state index contributed by atoms with van der Waals surface area (Å²) in [7, 11) is 0. The molecule has 0 saturated carbocycles. The van der Waals surface area contributed by atoms with Gasteiger partial charge >= 0.3 is 0 Å². The number of likely N-dealkylation sites (tertiary alicyclic amines) is 1. The van der Waals surface area contributed by atoms with Gasteiger partial charge < -0.3 is 9.64 Å². The number of hydrogen-bond acceptors (Lipinski definition) is 3. The van der Waals surface area contributed by atoms with E-state index in [0.717, 1.165) is 32.2 Å². The van der Waals surface area contributed by atoms with Crippen LogP contribution in [0, 0.1) is 5.92 Å². The van der Waals surface area contributed by atoms with Gasteiger partial charge in [-0.3, -0.25) is 9.59 Å². The van der Waals surface area contributed by atoms with Gasteiger partial charge in [0.05, 0.1) is 18.6 Å². The second kappa shape index (κ2) is 5.83. The molecule has 0 aromatic rings. The number of carbonyl (C=O) groups is 2. The quantitative estimate of drug-likeness (QED) is 0.770. The SMILES string of the molecule is CC(=O)CC1CCCCN1C(=O)C1COC(C)C1. The Morgan fingerprint density at radius 1 is 1.33 bits per heavy atom. The number of Topliss-reactive ketones (excluding diaryl/α,β-unsaturated/α-hetero) is 1. The van der Waals surface area contributed by atoms with E-state index < -0.39 is 0 Å². The summed E-state index contributed by atoms with van der Waals surface area (Å²) < 4.78 is 5.48. The van der Waals surface area contributed by atoms with Crippen molar-refractivity contribution in [2.45, 2.75) is 58.1 Å². The lowest BCUT2D eigenvalue weighted by Crippen LogP contribution is -2.47. The molecule has 0 aromatic carbocycles. The minimum Gasteiger partial charge on any atom is -0.378 e. The molecule has 2 aliphatic rings. The number of amides is 1. The van der Waals surface area contributed by atoms with Crippen molar-refractivity contribution in [3.05, 3.63) is 0 Å². The van der Waals surface area contributed by atoms with Crippen LogP contribution in [-0.2, 0) is 14.3 Å². The third-order valence-electron chi connectivity index (χ3n) is 3.98. The molecule has 0 N–H and O–H groups in total. The first kappa shape index (κ1) is 13.5. The molecule has 3 atom stereocenters. The van der Waals surface area contributed by atoms with Crippen molar-refractivity contribution in [1.29, 1.82) is 0 Å². The Labute approximate surface area is 109 Å². The lowest BCUT2D eigenvalue weighted by atomic mass is 9.95. The molecule has 0 bridgehead atoms. The van der Waals surface area contributed by atoms with Crippen LogP contribution in [0.5, 0.6) is 0 Å². The molecule has 4 nitrogen and oxygen atoms in total. The van der Waals surface area contributed by atoms with E-state index in [1.807, 2.05) is 11.8 Å². The van der Waals surface area contributed by atoms with E-state index >= 15 is 0 Å². The van der Waals surface area contributed by atoms with Gasteiger partial charge in [-0.1, -0.05) is 0 Å². The lowest BCUT2D eigenvalue weighted by Gasteiger charge is -2.36. The van der Waals surface area contributed by atoms with E-state index in [-0.39, 0.29) is 29.8 Å². The monoisotopic (exact) mass is 253 g/mol. The molecular formula is C14H23NO3. The molecule has 18 heavy (non-hydrogen) atoms. The molecule has 2 rings (SSSR count). The Morgan fingerprint density at radius 3 is 2.72 bits per heavy atom. The molecule has 0 aromatic heterocycles. The largest absolute Gasteiger partial charge is 0.378 e. The van der Waals surface area contributed by atoms with Gasteiger partial charge in [0.15, 0.2) is 0 Å². The number of ketones is 1. The van der Waals surface area contributed by atoms with E-state index in [2.05, 4.69) is 0 Å². The number of ether oxygens (including phenoxy) is 1. The molecule has 2 heterocycles. The smallest absolute Gasteiger partial charge is 0.228 e. The van der Waals surface area contributed by atoms with Gasteiger partial charge in [-0.05, 0) is 39.5 Å². The maximum Gasteiger partial charge on any atom is 0.228 e.